The second kappa shape index (κ2) is 9.01. The molecule has 33 heavy (non-hydrogen) atoms. The zero-order chi connectivity index (χ0) is 23.5. The number of aldehydes is 1. The van der Waals surface area contributed by atoms with E-state index >= 15 is 0 Å². The molecule has 1 unspecified atom stereocenters. The van der Waals surface area contributed by atoms with Crippen LogP contribution in [-0.2, 0) is 0 Å². The molecule has 6 heteroatoms. The number of carboxylic acids is 1. The summed E-state index contributed by atoms with van der Waals surface area (Å²) in [6.45, 7) is 2.07. The normalized spacial score (nSPS) is 11.7. The SMILES string of the molecule is CCC(c1ccc(C(=O)O)cc1-c1ccc(OC)cc1C=O)c1c[nH]c2cc(C#N)ccc12. The number of nitrogens with zero attached hydrogens (tertiary/aromatic N) is 1. The van der Waals surface area contributed by atoms with Crippen LogP contribution in [0.15, 0.2) is 60.8 Å². The summed E-state index contributed by atoms with van der Waals surface area (Å²) in [6.07, 6.45) is 3.44. The third-order valence-corrected chi connectivity index (χ3v) is 5.98. The Morgan fingerprint density at radius 1 is 1.12 bits per heavy atom. The number of rotatable bonds is 7. The largest absolute Gasteiger partial charge is 0.497 e. The lowest BCUT2D eigenvalue weighted by Gasteiger charge is -2.21. The molecule has 4 aromatic rings. The Morgan fingerprint density at radius 2 is 1.94 bits per heavy atom. The smallest absolute Gasteiger partial charge is 0.335 e. The van der Waals surface area contributed by atoms with Gasteiger partial charge in [0.25, 0.3) is 0 Å². The summed E-state index contributed by atoms with van der Waals surface area (Å²) in [6, 6.07) is 17.9. The molecule has 2 N–H and O–H groups in total. The van der Waals surface area contributed by atoms with E-state index in [9.17, 15) is 20.0 Å². The van der Waals surface area contributed by atoms with E-state index in [4.69, 9.17) is 4.74 Å². The van der Waals surface area contributed by atoms with Crippen LogP contribution in [0.2, 0.25) is 0 Å². The molecule has 1 aromatic heterocycles. The highest BCUT2D eigenvalue weighted by atomic mass is 16.5. The average molecular weight is 438 g/mol. The van der Waals surface area contributed by atoms with Gasteiger partial charge in [-0.1, -0.05) is 19.1 Å². The molecule has 0 aliphatic heterocycles. The quantitative estimate of drug-likeness (QED) is 0.357. The molecule has 0 saturated carbocycles. The molecule has 0 fully saturated rings. The number of aromatic amines is 1. The fraction of sp³-hybridized carbons (Fsp3) is 0.148. The fourth-order valence-corrected chi connectivity index (χ4v) is 4.35. The first kappa shape index (κ1) is 21.8. The third kappa shape index (κ3) is 3.97. The third-order valence-electron chi connectivity index (χ3n) is 5.98. The summed E-state index contributed by atoms with van der Waals surface area (Å²) in [4.78, 5) is 26.9. The minimum atomic E-state index is -1.03. The first-order valence-corrected chi connectivity index (χ1v) is 10.5. The summed E-state index contributed by atoms with van der Waals surface area (Å²) in [5.41, 5.74) is 5.31. The van der Waals surface area contributed by atoms with Crippen LogP contribution in [0.4, 0.5) is 0 Å². The molecule has 0 bridgehead atoms. The molecule has 0 radical (unpaired) electrons. The monoisotopic (exact) mass is 438 g/mol. The molecule has 0 aliphatic carbocycles. The zero-order valence-corrected chi connectivity index (χ0v) is 18.3. The lowest BCUT2D eigenvalue weighted by atomic mass is 9.82. The van der Waals surface area contributed by atoms with Crippen molar-refractivity contribution in [3.8, 4) is 22.9 Å². The molecule has 0 aliphatic rings. The van der Waals surface area contributed by atoms with Gasteiger partial charge in [0.15, 0.2) is 6.29 Å². The summed E-state index contributed by atoms with van der Waals surface area (Å²) in [7, 11) is 1.53. The Morgan fingerprint density at radius 3 is 2.61 bits per heavy atom. The number of benzene rings is 3. The molecule has 0 saturated heterocycles. The van der Waals surface area contributed by atoms with Crippen molar-refractivity contribution >= 4 is 23.2 Å². The topological polar surface area (TPSA) is 103 Å². The van der Waals surface area contributed by atoms with Crippen molar-refractivity contribution in [3.05, 3.63) is 88.6 Å². The minimum absolute atomic E-state index is 0.0638. The number of H-pyrrole nitrogens is 1. The average Bonchev–Trinajstić information content (AvgIpc) is 3.27. The van der Waals surface area contributed by atoms with Crippen LogP contribution < -0.4 is 4.74 Å². The lowest BCUT2D eigenvalue weighted by Crippen LogP contribution is -2.05. The Balaban J connectivity index is 1.95. The molecular weight excluding hydrogens is 416 g/mol. The molecule has 0 amide bonds. The van der Waals surface area contributed by atoms with Crippen LogP contribution in [0.25, 0.3) is 22.0 Å². The van der Waals surface area contributed by atoms with Crippen LogP contribution in [0.5, 0.6) is 5.75 Å². The Labute approximate surface area is 191 Å². The summed E-state index contributed by atoms with van der Waals surface area (Å²) in [5.74, 6) is -0.548. The number of hydrogen-bond donors (Lipinski definition) is 2. The van der Waals surface area contributed by atoms with Crippen LogP contribution in [0.3, 0.4) is 0 Å². The van der Waals surface area contributed by atoms with Crippen molar-refractivity contribution in [2.24, 2.45) is 0 Å². The fourth-order valence-electron chi connectivity index (χ4n) is 4.35. The molecule has 1 atom stereocenters. The Kier molecular flexibility index (Phi) is 5.97. The number of carboxylic acid groups (broad SMARTS) is 1. The van der Waals surface area contributed by atoms with Crippen molar-refractivity contribution in [2.75, 3.05) is 7.11 Å². The highest BCUT2D eigenvalue weighted by Crippen LogP contribution is 2.40. The number of carbonyl (C=O) groups is 2. The van der Waals surface area contributed by atoms with Crippen molar-refractivity contribution in [1.29, 1.82) is 5.26 Å². The summed E-state index contributed by atoms with van der Waals surface area (Å²) >= 11 is 0. The molecule has 6 nitrogen and oxygen atoms in total. The van der Waals surface area contributed by atoms with Gasteiger partial charge in [0.1, 0.15) is 5.75 Å². The highest BCUT2D eigenvalue weighted by molar-refractivity contribution is 5.94. The lowest BCUT2D eigenvalue weighted by molar-refractivity contribution is 0.0696. The highest BCUT2D eigenvalue weighted by Gasteiger charge is 2.23. The maximum Gasteiger partial charge on any atom is 0.335 e. The predicted molar refractivity (Wildman–Crippen MR) is 126 cm³/mol. The van der Waals surface area contributed by atoms with Gasteiger partial charge in [-0.05, 0) is 71.1 Å². The van der Waals surface area contributed by atoms with E-state index in [-0.39, 0.29) is 11.5 Å². The number of aromatic carboxylic acids is 1. The van der Waals surface area contributed by atoms with Crippen molar-refractivity contribution in [2.45, 2.75) is 19.3 Å². The van der Waals surface area contributed by atoms with Gasteiger partial charge in [0.2, 0.25) is 0 Å². The maximum atomic E-state index is 11.9. The number of methoxy groups -OCH3 is 1. The molecule has 164 valence electrons. The molecule has 4 rings (SSSR count). The van der Waals surface area contributed by atoms with E-state index < -0.39 is 5.97 Å². The molecular formula is C27H22N2O4. The maximum absolute atomic E-state index is 11.9. The molecule has 0 spiro atoms. The van der Waals surface area contributed by atoms with Gasteiger partial charge >= 0.3 is 5.97 Å². The van der Waals surface area contributed by atoms with E-state index in [2.05, 4.69) is 18.0 Å². The number of fused-ring (bicyclic) bond motifs is 1. The van der Waals surface area contributed by atoms with Crippen LogP contribution in [-0.4, -0.2) is 29.5 Å². The zero-order valence-electron chi connectivity index (χ0n) is 18.3. The Bertz CT molecular complexity index is 1410. The van der Waals surface area contributed by atoms with E-state index in [1.165, 1.54) is 7.11 Å². The number of aromatic nitrogens is 1. The first-order chi connectivity index (χ1) is 16.0. The second-order valence-corrected chi connectivity index (χ2v) is 7.76. The number of hydrogen-bond acceptors (Lipinski definition) is 4. The number of nitriles is 1. The van der Waals surface area contributed by atoms with Gasteiger partial charge in [0, 0.05) is 28.6 Å². The van der Waals surface area contributed by atoms with Crippen molar-refractivity contribution in [1.82, 2.24) is 4.98 Å². The molecule has 3 aromatic carbocycles. The van der Waals surface area contributed by atoms with Gasteiger partial charge in [-0.25, -0.2) is 4.79 Å². The van der Waals surface area contributed by atoms with Gasteiger partial charge in [-0.3, -0.25) is 4.79 Å². The minimum Gasteiger partial charge on any atom is -0.497 e. The van der Waals surface area contributed by atoms with Crippen LogP contribution in [0, 0.1) is 11.3 Å². The summed E-state index contributed by atoms with van der Waals surface area (Å²) in [5, 5.41) is 19.8. The first-order valence-electron chi connectivity index (χ1n) is 10.5. The number of carbonyl (C=O) groups excluding carboxylic acids is 1. The predicted octanol–water partition coefficient (Wildman–Crippen LogP) is 5.77. The van der Waals surface area contributed by atoms with Gasteiger partial charge in [-0.2, -0.15) is 5.26 Å². The number of nitrogens with one attached hydrogen (secondary N) is 1. The van der Waals surface area contributed by atoms with Gasteiger partial charge in [-0.15, -0.1) is 0 Å². The van der Waals surface area contributed by atoms with Crippen LogP contribution >= 0.6 is 0 Å². The van der Waals surface area contributed by atoms with Gasteiger partial charge in [0.05, 0.1) is 24.3 Å². The van der Waals surface area contributed by atoms with E-state index in [1.807, 2.05) is 24.4 Å². The van der Waals surface area contributed by atoms with E-state index in [1.54, 1.807) is 36.4 Å². The standard InChI is InChI=1S/C27H22N2O4/c1-3-20(25-14-29-26-10-16(13-28)4-7-23(25)26)22-8-5-17(27(31)32)12-24(22)21-9-6-19(33-2)11-18(21)15-30/h4-12,14-15,20,29H,3H2,1-2H3,(H,31,32). The van der Waals surface area contributed by atoms with E-state index in [0.29, 0.717) is 28.0 Å². The molecule has 1 heterocycles. The van der Waals surface area contributed by atoms with Crippen molar-refractivity contribution in [3.63, 3.8) is 0 Å². The van der Waals surface area contributed by atoms with Crippen LogP contribution in [0.1, 0.15) is 56.7 Å². The summed E-state index contributed by atoms with van der Waals surface area (Å²) < 4.78 is 5.25. The number of ether oxygens (including phenoxy) is 1. The van der Waals surface area contributed by atoms with E-state index in [0.717, 1.165) is 34.7 Å². The second-order valence-electron chi connectivity index (χ2n) is 7.76. The Hall–Kier alpha value is -4.37. The van der Waals surface area contributed by atoms with Crippen molar-refractivity contribution < 1.29 is 19.4 Å². The van der Waals surface area contributed by atoms with Gasteiger partial charge < -0.3 is 14.8 Å².